The molecule has 0 N–H and O–H groups in total. The van der Waals surface area contributed by atoms with Crippen LogP contribution in [0.1, 0.15) is 36.5 Å². The van der Waals surface area contributed by atoms with E-state index >= 15 is 0 Å². The van der Waals surface area contributed by atoms with Gasteiger partial charge in [-0.15, -0.1) is 0 Å². The quantitative estimate of drug-likeness (QED) is 0.361. The van der Waals surface area contributed by atoms with E-state index < -0.39 is 40.1 Å². The van der Waals surface area contributed by atoms with Crippen LogP contribution in [0.15, 0.2) is 18.3 Å². The van der Waals surface area contributed by atoms with E-state index in [9.17, 15) is 21.6 Å². The highest BCUT2D eigenvalue weighted by Gasteiger charge is 2.49. The molecule has 0 amide bonds. The van der Waals surface area contributed by atoms with E-state index in [2.05, 4.69) is 19.4 Å². The largest absolute Gasteiger partial charge is 0.534 e. The SMILES string of the molecule is [2H]C([2H])([2H])n1nc(-c2ccnn2C2CCCCO2)c2nc(N3CCOC[C@H]3C)cc(OS(=O)(=O)C(F)(F)F)c21. The second-order valence-electron chi connectivity index (χ2n) is 8.52. The third-order valence-electron chi connectivity index (χ3n) is 6.07. The summed E-state index contributed by atoms with van der Waals surface area (Å²) < 4.78 is 106. The fourth-order valence-corrected chi connectivity index (χ4v) is 4.79. The first-order valence-corrected chi connectivity index (χ1v) is 12.6. The number of ether oxygens (including phenoxy) is 2. The number of hydrogen-bond donors (Lipinski definition) is 0. The van der Waals surface area contributed by atoms with Crippen molar-refractivity contribution in [3.05, 3.63) is 18.3 Å². The molecular formula is C21H25F3N6O5S. The number of halogens is 3. The summed E-state index contributed by atoms with van der Waals surface area (Å²) in [5, 5.41) is 8.50. The summed E-state index contributed by atoms with van der Waals surface area (Å²) in [6, 6.07) is 2.24. The molecule has 0 bridgehead atoms. The fourth-order valence-electron chi connectivity index (χ4n) is 4.33. The van der Waals surface area contributed by atoms with Crippen molar-refractivity contribution in [3.63, 3.8) is 0 Å². The number of anilines is 1. The Morgan fingerprint density at radius 1 is 1.28 bits per heavy atom. The lowest BCUT2D eigenvalue weighted by Gasteiger charge is -2.34. The van der Waals surface area contributed by atoms with Gasteiger partial charge in [0.2, 0.25) is 0 Å². The number of nitrogens with zero attached hydrogens (tertiary/aromatic N) is 6. The first-order valence-electron chi connectivity index (χ1n) is 12.7. The van der Waals surface area contributed by atoms with Crippen molar-refractivity contribution in [2.24, 2.45) is 6.98 Å². The lowest BCUT2D eigenvalue weighted by atomic mass is 10.1. The van der Waals surface area contributed by atoms with Crippen molar-refractivity contribution >= 4 is 27.0 Å². The van der Waals surface area contributed by atoms with Crippen LogP contribution < -0.4 is 9.08 Å². The molecule has 15 heteroatoms. The molecular weight excluding hydrogens is 505 g/mol. The summed E-state index contributed by atoms with van der Waals surface area (Å²) >= 11 is 0. The lowest BCUT2D eigenvalue weighted by molar-refractivity contribution is -0.0499. The third-order valence-corrected chi connectivity index (χ3v) is 7.03. The van der Waals surface area contributed by atoms with Crippen molar-refractivity contribution in [1.82, 2.24) is 24.5 Å². The van der Waals surface area contributed by atoms with E-state index in [1.165, 1.54) is 10.9 Å². The van der Waals surface area contributed by atoms with E-state index in [4.69, 9.17) is 13.6 Å². The number of hydrogen-bond acceptors (Lipinski definition) is 9. The van der Waals surface area contributed by atoms with Gasteiger partial charge in [-0.3, -0.25) is 4.68 Å². The molecule has 0 saturated carbocycles. The van der Waals surface area contributed by atoms with E-state index in [1.807, 2.05) is 0 Å². The highest BCUT2D eigenvalue weighted by atomic mass is 32.2. The van der Waals surface area contributed by atoms with E-state index in [0.29, 0.717) is 29.9 Å². The van der Waals surface area contributed by atoms with Crippen molar-refractivity contribution in [3.8, 4) is 17.1 Å². The van der Waals surface area contributed by atoms with Gasteiger partial charge in [0.15, 0.2) is 12.0 Å². The molecule has 11 nitrogen and oxygen atoms in total. The van der Waals surface area contributed by atoms with Crippen LogP contribution in [0.25, 0.3) is 22.4 Å². The van der Waals surface area contributed by atoms with Crippen LogP contribution >= 0.6 is 0 Å². The molecule has 36 heavy (non-hydrogen) atoms. The molecule has 2 saturated heterocycles. The maximum atomic E-state index is 13.3. The van der Waals surface area contributed by atoms with Crippen LogP contribution in [0.3, 0.4) is 0 Å². The second-order valence-corrected chi connectivity index (χ2v) is 10.1. The molecule has 196 valence electrons. The van der Waals surface area contributed by atoms with Gasteiger partial charge in [-0.1, -0.05) is 0 Å². The van der Waals surface area contributed by atoms with Gasteiger partial charge in [0.1, 0.15) is 22.5 Å². The maximum absolute atomic E-state index is 13.3. The summed E-state index contributed by atoms with van der Waals surface area (Å²) in [5.41, 5.74) is -6.23. The molecule has 2 aliphatic heterocycles. The summed E-state index contributed by atoms with van der Waals surface area (Å²) in [6.45, 7) is 0.109. The van der Waals surface area contributed by atoms with Crippen molar-refractivity contribution in [2.75, 3.05) is 31.3 Å². The standard InChI is InChI=1S/C21H25F3N6O5S/c1-13-12-33-10-8-29(13)16-11-15(35-36(31,32)21(22,23)24)20-19(26-16)18(27-28(20)2)14-6-7-25-30(14)17-5-3-4-9-34-17/h6-7,11,13,17H,3-5,8-10,12H2,1-2H3/t13-,17?/m1/s1/i2D3. The minimum absolute atomic E-state index is 0.0372. The molecule has 2 aliphatic rings. The predicted molar refractivity (Wildman–Crippen MR) is 122 cm³/mol. The van der Waals surface area contributed by atoms with Crippen LogP contribution in [-0.4, -0.2) is 70.9 Å². The summed E-state index contributed by atoms with van der Waals surface area (Å²) in [5.74, 6) is -0.808. The summed E-state index contributed by atoms with van der Waals surface area (Å²) in [4.78, 5) is 6.28. The Hall–Kier alpha value is -2.91. The van der Waals surface area contributed by atoms with Gasteiger partial charge in [0, 0.05) is 36.5 Å². The molecule has 1 unspecified atom stereocenters. The average Bonchev–Trinajstić information content (AvgIpc) is 3.49. The zero-order valence-corrected chi connectivity index (χ0v) is 19.9. The zero-order chi connectivity index (χ0) is 28.2. The topological polar surface area (TPSA) is 114 Å². The molecule has 3 aromatic heterocycles. The van der Waals surface area contributed by atoms with Gasteiger partial charge in [-0.2, -0.15) is 31.8 Å². The number of aryl methyl sites for hydroxylation is 1. The van der Waals surface area contributed by atoms with Gasteiger partial charge in [-0.25, -0.2) is 9.67 Å². The van der Waals surface area contributed by atoms with Gasteiger partial charge < -0.3 is 18.6 Å². The Morgan fingerprint density at radius 2 is 2.11 bits per heavy atom. The molecule has 0 aromatic carbocycles. The van der Waals surface area contributed by atoms with Crippen LogP contribution in [0.2, 0.25) is 0 Å². The van der Waals surface area contributed by atoms with Crippen LogP contribution in [-0.2, 0) is 26.6 Å². The van der Waals surface area contributed by atoms with Crippen molar-refractivity contribution < 1.29 is 39.4 Å². The number of fused-ring (bicyclic) bond motifs is 1. The lowest BCUT2D eigenvalue weighted by Crippen LogP contribution is -2.44. The second kappa shape index (κ2) is 9.19. The van der Waals surface area contributed by atoms with E-state index in [-0.39, 0.29) is 36.3 Å². The molecule has 3 aromatic rings. The van der Waals surface area contributed by atoms with Gasteiger partial charge in [-0.05, 0) is 32.3 Å². The Balaban J connectivity index is 1.78. The van der Waals surface area contributed by atoms with E-state index in [0.717, 1.165) is 18.9 Å². The molecule has 0 spiro atoms. The van der Waals surface area contributed by atoms with Crippen molar-refractivity contribution in [2.45, 2.75) is 44.0 Å². The minimum atomic E-state index is -6.17. The smallest absolute Gasteiger partial charge is 0.377 e. The zero-order valence-electron chi connectivity index (χ0n) is 22.1. The molecule has 0 aliphatic carbocycles. The Kier molecular flexibility index (Phi) is 5.41. The first kappa shape index (κ1) is 21.2. The number of pyridine rings is 1. The van der Waals surface area contributed by atoms with Crippen LogP contribution in [0.4, 0.5) is 19.0 Å². The number of alkyl halides is 3. The highest BCUT2D eigenvalue weighted by molar-refractivity contribution is 7.88. The predicted octanol–water partition coefficient (Wildman–Crippen LogP) is 2.98. The van der Waals surface area contributed by atoms with Gasteiger partial charge >= 0.3 is 15.6 Å². The monoisotopic (exact) mass is 533 g/mol. The average molecular weight is 534 g/mol. The summed E-state index contributed by atoms with van der Waals surface area (Å²) in [6.07, 6.45) is 3.31. The molecule has 2 fully saturated rings. The van der Waals surface area contributed by atoms with Crippen LogP contribution in [0, 0.1) is 0 Å². The Morgan fingerprint density at radius 3 is 2.81 bits per heavy atom. The number of aromatic nitrogens is 5. The normalized spacial score (nSPS) is 23.3. The van der Waals surface area contributed by atoms with E-state index in [1.54, 1.807) is 17.9 Å². The maximum Gasteiger partial charge on any atom is 0.534 e. The molecule has 5 rings (SSSR count). The summed E-state index contributed by atoms with van der Waals surface area (Å²) in [7, 11) is -6.17. The molecule has 0 radical (unpaired) electrons. The van der Waals surface area contributed by atoms with Crippen molar-refractivity contribution in [1.29, 1.82) is 0 Å². The number of morpholine rings is 1. The number of rotatable bonds is 5. The van der Waals surface area contributed by atoms with Gasteiger partial charge in [0.05, 0.1) is 24.9 Å². The third kappa shape index (κ3) is 4.39. The molecule has 5 heterocycles. The first-order chi connectivity index (χ1) is 18.3. The minimum Gasteiger partial charge on any atom is -0.377 e. The Labute approximate surface area is 209 Å². The van der Waals surface area contributed by atoms with Gasteiger partial charge in [0.25, 0.3) is 0 Å². The van der Waals surface area contributed by atoms with Crippen LogP contribution in [0.5, 0.6) is 5.75 Å². The fraction of sp³-hybridized carbons (Fsp3) is 0.571. The highest BCUT2D eigenvalue weighted by Crippen LogP contribution is 2.39. The molecule has 2 atom stereocenters. The Bertz CT molecular complexity index is 1470.